The molecule has 2 N–H and O–H groups in total. The largest absolute Gasteiger partial charge is 0.337 e. The van der Waals surface area contributed by atoms with Crippen LogP contribution in [-0.2, 0) is 13.6 Å². The summed E-state index contributed by atoms with van der Waals surface area (Å²) in [6, 6.07) is 11.2. The number of benzene rings is 1. The van der Waals surface area contributed by atoms with Crippen LogP contribution in [0.4, 0.5) is 4.39 Å². The maximum Gasteiger partial charge on any atom is 0.253 e. The first-order valence-corrected chi connectivity index (χ1v) is 11.6. The minimum Gasteiger partial charge on any atom is -0.337 e. The molecule has 2 unspecified atom stereocenters. The lowest BCUT2D eigenvalue weighted by atomic mass is 10.0. The molecule has 1 aliphatic carbocycles. The van der Waals surface area contributed by atoms with Crippen LogP contribution in [0.25, 0.3) is 33.6 Å². The number of hydrogen-bond donors (Lipinski definition) is 1. The number of nitrogens with zero attached hydrogens (tertiary/aromatic N) is 5. The Hall–Kier alpha value is -3.26. The number of likely N-dealkylation sites (tertiary alicyclic amines) is 1. The molecule has 170 valence electrons. The Kier molecular flexibility index (Phi) is 4.72. The third-order valence-corrected chi connectivity index (χ3v) is 7.01. The van der Waals surface area contributed by atoms with Gasteiger partial charge < -0.3 is 19.8 Å². The molecule has 1 aromatic carbocycles. The Bertz CT molecular complexity index is 1370. The number of amides is 1. The van der Waals surface area contributed by atoms with Crippen molar-refractivity contribution in [3.8, 4) is 11.5 Å². The van der Waals surface area contributed by atoms with E-state index in [-0.39, 0.29) is 18.9 Å². The molecule has 2 atom stereocenters. The Labute approximate surface area is 191 Å². The van der Waals surface area contributed by atoms with E-state index >= 15 is 0 Å². The van der Waals surface area contributed by atoms with Gasteiger partial charge in [-0.3, -0.25) is 4.79 Å². The van der Waals surface area contributed by atoms with Crippen LogP contribution in [0.5, 0.6) is 0 Å². The molecule has 1 aliphatic heterocycles. The number of piperidine rings is 1. The number of aryl methyl sites for hydroxylation is 1. The van der Waals surface area contributed by atoms with E-state index in [1.165, 1.54) is 12.8 Å². The summed E-state index contributed by atoms with van der Waals surface area (Å²) in [5.41, 5.74) is 10.1. The normalized spacial score (nSPS) is 21.2. The highest BCUT2D eigenvalue weighted by Gasteiger charge is 2.30. The number of carbonyl (C=O) groups excluding carboxylic acids is 1. The van der Waals surface area contributed by atoms with E-state index in [4.69, 9.17) is 10.7 Å². The number of fused-ring (bicyclic) bond motifs is 2. The van der Waals surface area contributed by atoms with Crippen LogP contribution in [0.2, 0.25) is 0 Å². The van der Waals surface area contributed by atoms with Crippen LogP contribution in [-0.4, -0.2) is 55.2 Å². The fourth-order valence-corrected chi connectivity index (χ4v) is 4.90. The lowest BCUT2D eigenvalue weighted by Gasteiger charge is -2.33. The van der Waals surface area contributed by atoms with Crippen molar-refractivity contribution in [1.29, 1.82) is 0 Å². The molecule has 0 radical (unpaired) electrons. The van der Waals surface area contributed by atoms with Gasteiger partial charge in [-0.15, -0.1) is 0 Å². The van der Waals surface area contributed by atoms with Crippen molar-refractivity contribution in [3.63, 3.8) is 0 Å². The quantitative estimate of drug-likeness (QED) is 0.520. The number of rotatable bonds is 4. The molecular weight excluding hydrogens is 419 g/mol. The van der Waals surface area contributed by atoms with Gasteiger partial charge in [-0.2, -0.15) is 0 Å². The van der Waals surface area contributed by atoms with Crippen molar-refractivity contribution < 1.29 is 9.18 Å². The molecule has 3 aromatic heterocycles. The van der Waals surface area contributed by atoms with Crippen molar-refractivity contribution in [2.45, 2.75) is 38.0 Å². The maximum atomic E-state index is 13.7. The summed E-state index contributed by atoms with van der Waals surface area (Å²) in [6.45, 7) is 1.56. The zero-order valence-corrected chi connectivity index (χ0v) is 18.6. The van der Waals surface area contributed by atoms with Gasteiger partial charge in [0.25, 0.3) is 5.91 Å². The predicted octanol–water partition coefficient (Wildman–Crippen LogP) is 3.51. The first-order valence-electron chi connectivity index (χ1n) is 11.6. The van der Waals surface area contributed by atoms with E-state index in [2.05, 4.69) is 26.3 Å². The third kappa shape index (κ3) is 3.49. The Morgan fingerprint density at radius 1 is 1.21 bits per heavy atom. The molecule has 33 heavy (non-hydrogen) atoms. The Morgan fingerprint density at radius 3 is 2.85 bits per heavy atom. The summed E-state index contributed by atoms with van der Waals surface area (Å²) in [5.74, 6) is 1.42. The molecule has 8 heteroatoms. The average Bonchev–Trinajstić information content (AvgIpc) is 3.49. The summed E-state index contributed by atoms with van der Waals surface area (Å²) in [4.78, 5) is 24.3. The molecule has 2 aliphatic rings. The van der Waals surface area contributed by atoms with Gasteiger partial charge in [0, 0.05) is 43.8 Å². The topological polar surface area (TPSA) is 82.0 Å². The SMILES string of the molecule is Cn1c(-c2cc3cccnc3n2CC2CC2)nc2cc(C(=O)N3CCC(F)C(N)C3)ccc21. The second-order valence-corrected chi connectivity index (χ2v) is 9.42. The highest BCUT2D eigenvalue weighted by atomic mass is 19.1. The number of halogens is 1. The van der Waals surface area contributed by atoms with Gasteiger partial charge in [-0.05, 0) is 61.6 Å². The summed E-state index contributed by atoms with van der Waals surface area (Å²) in [5, 5.41) is 1.10. The molecule has 7 nitrogen and oxygen atoms in total. The van der Waals surface area contributed by atoms with Gasteiger partial charge in [0.2, 0.25) is 0 Å². The molecule has 0 bridgehead atoms. The van der Waals surface area contributed by atoms with Crippen molar-refractivity contribution in [2.24, 2.45) is 18.7 Å². The zero-order chi connectivity index (χ0) is 22.7. The van der Waals surface area contributed by atoms with Gasteiger partial charge in [0.05, 0.1) is 22.8 Å². The number of aromatic nitrogens is 4. The third-order valence-electron chi connectivity index (χ3n) is 7.01. The van der Waals surface area contributed by atoms with Gasteiger partial charge >= 0.3 is 0 Å². The molecule has 1 amide bonds. The zero-order valence-electron chi connectivity index (χ0n) is 18.6. The van der Waals surface area contributed by atoms with E-state index in [9.17, 15) is 9.18 Å². The van der Waals surface area contributed by atoms with E-state index in [1.54, 1.807) is 4.90 Å². The fourth-order valence-electron chi connectivity index (χ4n) is 4.90. The number of carbonyl (C=O) groups is 1. The lowest BCUT2D eigenvalue weighted by Crippen LogP contribution is -2.51. The van der Waals surface area contributed by atoms with Crippen LogP contribution in [0.1, 0.15) is 29.6 Å². The number of imidazole rings is 1. The molecule has 2 fully saturated rings. The Morgan fingerprint density at radius 2 is 2.06 bits per heavy atom. The minimum absolute atomic E-state index is 0.126. The van der Waals surface area contributed by atoms with Crippen LogP contribution < -0.4 is 5.73 Å². The molecule has 4 aromatic rings. The van der Waals surface area contributed by atoms with E-state index in [0.717, 1.165) is 40.1 Å². The molecule has 1 saturated carbocycles. The first kappa shape index (κ1) is 20.4. The summed E-state index contributed by atoms with van der Waals surface area (Å²) >= 11 is 0. The number of nitrogens with two attached hydrogens (primary N) is 1. The van der Waals surface area contributed by atoms with E-state index in [0.29, 0.717) is 18.0 Å². The van der Waals surface area contributed by atoms with Crippen molar-refractivity contribution in [2.75, 3.05) is 13.1 Å². The van der Waals surface area contributed by atoms with Gasteiger partial charge in [0.15, 0.2) is 5.82 Å². The second-order valence-electron chi connectivity index (χ2n) is 9.42. The molecule has 6 rings (SSSR count). The standard InChI is InChI=1S/C25H27FN6O/c1-30-21-7-6-17(25(33)31-10-8-18(26)19(27)14-31)11-20(21)29-24(30)22-12-16-3-2-9-28-23(16)32(22)13-15-4-5-15/h2-3,6-7,9,11-12,15,18-19H,4-5,8,10,13-14,27H2,1H3. The predicted molar refractivity (Wildman–Crippen MR) is 126 cm³/mol. The average molecular weight is 447 g/mol. The molecular formula is C25H27FN6O. The van der Waals surface area contributed by atoms with Crippen molar-refractivity contribution in [3.05, 3.63) is 48.2 Å². The summed E-state index contributed by atoms with van der Waals surface area (Å²) in [7, 11) is 2.00. The Balaban J connectivity index is 1.39. The summed E-state index contributed by atoms with van der Waals surface area (Å²) < 4.78 is 18.1. The first-order chi connectivity index (χ1) is 16.0. The van der Waals surface area contributed by atoms with Crippen LogP contribution in [0.15, 0.2) is 42.6 Å². The van der Waals surface area contributed by atoms with E-state index in [1.807, 2.05) is 37.5 Å². The highest BCUT2D eigenvalue weighted by Crippen LogP contribution is 2.36. The number of alkyl halides is 1. The highest BCUT2D eigenvalue weighted by molar-refractivity contribution is 5.98. The van der Waals surface area contributed by atoms with Gasteiger partial charge in [0.1, 0.15) is 11.8 Å². The summed E-state index contributed by atoms with van der Waals surface area (Å²) in [6.07, 6.45) is 3.57. The van der Waals surface area contributed by atoms with Crippen molar-refractivity contribution in [1.82, 2.24) is 24.0 Å². The van der Waals surface area contributed by atoms with Crippen molar-refractivity contribution >= 4 is 28.0 Å². The molecule has 4 heterocycles. The lowest BCUT2D eigenvalue weighted by molar-refractivity contribution is 0.0630. The van der Waals surface area contributed by atoms with Crippen LogP contribution in [0.3, 0.4) is 0 Å². The number of pyridine rings is 1. The smallest absolute Gasteiger partial charge is 0.253 e. The number of hydrogen-bond acceptors (Lipinski definition) is 4. The van der Waals surface area contributed by atoms with Gasteiger partial charge in [-0.1, -0.05) is 0 Å². The minimum atomic E-state index is -1.05. The molecule has 0 spiro atoms. The maximum absolute atomic E-state index is 13.7. The second kappa shape index (κ2) is 7.66. The van der Waals surface area contributed by atoms with Crippen LogP contribution in [0, 0.1) is 5.92 Å². The van der Waals surface area contributed by atoms with Gasteiger partial charge in [-0.25, -0.2) is 14.4 Å². The monoisotopic (exact) mass is 446 g/mol. The van der Waals surface area contributed by atoms with Crippen LogP contribution >= 0.6 is 0 Å². The van der Waals surface area contributed by atoms with E-state index < -0.39 is 12.2 Å². The molecule has 1 saturated heterocycles. The fraction of sp³-hybridized carbons (Fsp3) is 0.400.